The Hall–Kier alpha value is -2.33. The van der Waals surface area contributed by atoms with E-state index in [9.17, 15) is 0 Å². The number of nitrogens with one attached hydrogen (secondary N) is 1. The smallest absolute Gasteiger partial charge is 0.193 e. The van der Waals surface area contributed by atoms with Crippen molar-refractivity contribution in [3.05, 3.63) is 65.2 Å². The topological polar surface area (TPSA) is 59.6 Å². The lowest BCUT2D eigenvalue weighted by atomic mass is 10.1. The third-order valence-electron chi connectivity index (χ3n) is 3.06. The molecule has 2 aromatic rings. The van der Waals surface area contributed by atoms with Crippen LogP contribution in [-0.4, -0.2) is 13.1 Å². The summed E-state index contributed by atoms with van der Waals surface area (Å²) in [7, 11) is 1.69. The number of benzene rings is 2. The van der Waals surface area contributed by atoms with Crippen molar-refractivity contribution in [1.29, 1.82) is 0 Å². The molecule has 0 amide bonds. The molecule has 0 saturated heterocycles. The molecule has 0 aliphatic rings. The number of nitrogens with zero attached hydrogens (tertiary/aromatic N) is 1. The van der Waals surface area contributed by atoms with Crippen LogP contribution >= 0.6 is 0 Å². The van der Waals surface area contributed by atoms with Gasteiger partial charge in [-0.25, -0.2) is 4.99 Å². The normalized spacial score (nSPS) is 11.4. The number of nitrogens with two attached hydrogens (primary N) is 1. The SMILES string of the molecule is COCc1ccc(CN=C(N)Nc2cccc(C)c2)cc1. The Labute approximate surface area is 125 Å². The molecule has 0 fully saturated rings. The summed E-state index contributed by atoms with van der Waals surface area (Å²) >= 11 is 0. The molecule has 0 heterocycles. The molecule has 4 nitrogen and oxygen atoms in total. The molecule has 110 valence electrons. The van der Waals surface area contributed by atoms with Crippen LogP contribution in [0.3, 0.4) is 0 Å². The molecule has 0 spiro atoms. The van der Waals surface area contributed by atoms with Crippen molar-refractivity contribution in [2.24, 2.45) is 10.7 Å². The minimum absolute atomic E-state index is 0.418. The van der Waals surface area contributed by atoms with E-state index in [1.54, 1.807) is 7.11 Å². The number of anilines is 1. The van der Waals surface area contributed by atoms with E-state index in [4.69, 9.17) is 10.5 Å². The predicted molar refractivity (Wildman–Crippen MR) is 87.3 cm³/mol. The number of rotatable bonds is 5. The fraction of sp³-hybridized carbons (Fsp3) is 0.235. The summed E-state index contributed by atoms with van der Waals surface area (Å²) in [5.41, 5.74) is 10.3. The minimum atomic E-state index is 0.418. The number of aryl methyl sites for hydroxylation is 1. The fourth-order valence-electron chi connectivity index (χ4n) is 1.99. The first kappa shape index (κ1) is 15.1. The number of guanidine groups is 1. The van der Waals surface area contributed by atoms with Gasteiger partial charge in [-0.1, -0.05) is 36.4 Å². The van der Waals surface area contributed by atoms with Crippen LogP contribution in [0, 0.1) is 6.92 Å². The molecule has 3 N–H and O–H groups in total. The van der Waals surface area contributed by atoms with Crippen LogP contribution in [0.25, 0.3) is 0 Å². The van der Waals surface area contributed by atoms with Crippen molar-refractivity contribution < 1.29 is 4.74 Å². The van der Waals surface area contributed by atoms with Crippen molar-refractivity contribution in [3.8, 4) is 0 Å². The van der Waals surface area contributed by atoms with Crippen LogP contribution in [-0.2, 0) is 17.9 Å². The Morgan fingerprint density at radius 1 is 1.14 bits per heavy atom. The molecule has 0 aliphatic heterocycles. The highest BCUT2D eigenvalue weighted by Gasteiger charge is 1.97. The standard InChI is InChI=1S/C17H21N3O/c1-13-4-3-5-16(10-13)20-17(18)19-11-14-6-8-15(9-7-14)12-21-2/h3-10H,11-12H2,1-2H3,(H3,18,19,20). The van der Waals surface area contributed by atoms with Crippen LogP contribution < -0.4 is 11.1 Å². The van der Waals surface area contributed by atoms with E-state index in [0.29, 0.717) is 19.1 Å². The molecule has 2 rings (SSSR count). The monoisotopic (exact) mass is 283 g/mol. The predicted octanol–water partition coefficient (Wildman–Crippen LogP) is 3.07. The van der Waals surface area contributed by atoms with Gasteiger partial charge in [-0.3, -0.25) is 0 Å². The molecule has 0 saturated carbocycles. The van der Waals surface area contributed by atoms with Crippen LogP contribution in [0.2, 0.25) is 0 Å². The third kappa shape index (κ3) is 4.93. The first-order valence-electron chi connectivity index (χ1n) is 6.88. The van der Waals surface area contributed by atoms with E-state index >= 15 is 0 Å². The molecule has 0 radical (unpaired) electrons. The van der Waals surface area contributed by atoms with Crippen molar-refractivity contribution in [2.45, 2.75) is 20.1 Å². The van der Waals surface area contributed by atoms with Gasteiger partial charge in [0.1, 0.15) is 0 Å². The van der Waals surface area contributed by atoms with Crippen LogP contribution in [0.5, 0.6) is 0 Å². The summed E-state index contributed by atoms with van der Waals surface area (Å²) in [5, 5.41) is 3.09. The minimum Gasteiger partial charge on any atom is -0.380 e. The molecule has 0 aromatic heterocycles. The van der Waals surface area contributed by atoms with Gasteiger partial charge in [0.15, 0.2) is 5.96 Å². The number of methoxy groups -OCH3 is 1. The quantitative estimate of drug-likeness (QED) is 0.655. The largest absolute Gasteiger partial charge is 0.380 e. The molecular formula is C17H21N3O. The maximum atomic E-state index is 5.90. The van der Waals surface area contributed by atoms with E-state index in [1.807, 2.05) is 55.5 Å². The maximum Gasteiger partial charge on any atom is 0.193 e. The van der Waals surface area contributed by atoms with E-state index in [-0.39, 0.29) is 0 Å². The lowest BCUT2D eigenvalue weighted by Gasteiger charge is -2.06. The molecule has 0 bridgehead atoms. The summed E-state index contributed by atoms with van der Waals surface area (Å²) < 4.78 is 5.08. The van der Waals surface area contributed by atoms with E-state index in [1.165, 1.54) is 5.56 Å². The van der Waals surface area contributed by atoms with Crippen LogP contribution in [0.1, 0.15) is 16.7 Å². The Morgan fingerprint density at radius 2 is 1.86 bits per heavy atom. The fourth-order valence-corrected chi connectivity index (χ4v) is 1.99. The average molecular weight is 283 g/mol. The van der Waals surface area contributed by atoms with Gasteiger partial charge in [0.2, 0.25) is 0 Å². The van der Waals surface area contributed by atoms with Gasteiger partial charge < -0.3 is 15.8 Å². The molecule has 21 heavy (non-hydrogen) atoms. The molecule has 0 aliphatic carbocycles. The van der Waals surface area contributed by atoms with E-state index in [0.717, 1.165) is 16.8 Å². The lowest BCUT2D eigenvalue weighted by molar-refractivity contribution is 0.185. The third-order valence-corrected chi connectivity index (χ3v) is 3.06. The maximum absolute atomic E-state index is 5.90. The highest BCUT2D eigenvalue weighted by molar-refractivity contribution is 5.92. The van der Waals surface area contributed by atoms with Crippen LogP contribution in [0.15, 0.2) is 53.5 Å². The zero-order chi connectivity index (χ0) is 15.1. The van der Waals surface area contributed by atoms with Gasteiger partial charge in [-0.15, -0.1) is 0 Å². The van der Waals surface area contributed by atoms with Gasteiger partial charge in [0.05, 0.1) is 13.2 Å². The first-order chi connectivity index (χ1) is 10.2. The molecular weight excluding hydrogens is 262 g/mol. The Morgan fingerprint density at radius 3 is 2.52 bits per heavy atom. The zero-order valence-corrected chi connectivity index (χ0v) is 12.5. The van der Waals surface area contributed by atoms with Crippen LogP contribution in [0.4, 0.5) is 5.69 Å². The summed E-state index contributed by atoms with van der Waals surface area (Å²) in [5.74, 6) is 0.418. The number of ether oxygens (including phenoxy) is 1. The summed E-state index contributed by atoms with van der Waals surface area (Å²) in [6.07, 6.45) is 0. The van der Waals surface area contributed by atoms with Crippen molar-refractivity contribution >= 4 is 11.6 Å². The molecule has 0 unspecified atom stereocenters. The second-order valence-electron chi connectivity index (χ2n) is 4.95. The Kier molecular flexibility index (Phi) is 5.35. The zero-order valence-electron chi connectivity index (χ0n) is 12.5. The molecule has 0 atom stereocenters. The summed E-state index contributed by atoms with van der Waals surface area (Å²) in [4.78, 5) is 4.35. The number of aliphatic imine (C=N–C) groups is 1. The second-order valence-corrected chi connectivity index (χ2v) is 4.95. The highest BCUT2D eigenvalue weighted by Crippen LogP contribution is 2.10. The summed E-state index contributed by atoms with van der Waals surface area (Å²) in [6, 6.07) is 16.2. The highest BCUT2D eigenvalue weighted by atomic mass is 16.5. The number of hydrogen-bond donors (Lipinski definition) is 2. The van der Waals surface area contributed by atoms with Gasteiger partial charge >= 0.3 is 0 Å². The van der Waals surface area contributed by atoms with E-state index < -0.39 is 0 Å². The number of hydrogen-bond acceptors (Lipinski definition) is 2. The summed E-state index contributed by atoms with van der Waals surface area (Å²) in [6.45, 7) is 3.22. The Balaban J connectivity index is 1.93. The molecule has 2 aromatic carbocycles. The average Bonchev–Trinajstić information content (AvgIpc) is 2.47. The van der Waals surface area contributed by atoms with Gasteiger partial charge in [0, 0.05) is 12.8 Å². The van der Waals surface area contributed by atoms with Gasteiger partial charge in [-0.05, 0) is 35.7 Å². The molecule has 4 heteroatoms. The van der Waals surface area contributed by atoms with Crippen molar-refractivity contribution in [1.82, 2.24) is 0 Å². The van der Waals surface area contributed by atoms with Crippen molar-refractivity contribution in [3.63, 3.8) is 0 Å². The first-order valence-corrected chi connectivity index (χ1v) is 6.88. The lowest BCUT2D eigenvalue weighted by Crippen LogP contribution is -2.22. The Bertz CT molecular complexity index is 606. The van der Waals surface area contributed by atoms with Gasteiger partial charge in [0.25, 0.3) is 0 Å². The van der Waals surface area contributed by atoms with Crippen molar-refractivity contribution in [2.75, 3.05) is 12.4 Å². The second kappa shape index (κ2) is 7.45. The van der Waals surface area contributed by atoms with Gasteiger partial charge in [-0.2, -0.15) is 0 Å². The van der Waals surface area contributed by atoms with E-state index in [2.05, 4.69) is 10.3 Å².